The summed E-state index contributed by atoms with van der Waals surface area (Å²) in [6.07, 6.45) is 5.36. The molecule has 0 aromatic rings. The molecule has 0 radical (unpaired) electrons. The zero-order valence-electron chi connectivity index (χ0n) is 26.8. The number of amides is 2. The molecule has 0 saturated carbocycles. The Kier molecular flexibility index (Phi) is 13.2. The van der Waals surface area contributed by atoms with Gasteiger partial charge in [0.25, 0.3) is 0 Å². The summed E-state index contributed by atoms with van der Waals surface area (Å²) in [6, 6.07) is 0. The predicted molar refractivity (Wildman–Crippen MR) is 164 cm³/mol. The van der Waals surface area contributed by atoms with Crippen LogP contribution in [0.5, 0.6) is 0 Å². The number of carbonyl (C=O) groups is 3. The van der Waals surface area contributed by atoms with Gasteiger partial charge in [-0.3, -0.25) is 4.79 Å². The third kappa shape index (κ3) is 10.9. The van der Waals surface area contributed by atoms with Crippen LogP contribution < -0.4 is 0 Å². The van der Waals surface area contributed by atoms with Crippen LogP contribution in [-0.2, 0) is 19.0 Å². The van der Waals surface area contributed by atoms with Gasteiger partial charge in [-0.1, -0.05) is 38.2 Å². The lowest BCUT2D eigenvalue weighted by atomic mass is 9.89. The monoisotopic (exact) mass is 621 g/mol. The Hall–Kier alpha value is -2.93. The van der Waals surface area contributed by atoms with Gasteiger partial charge in [0.15, 0.2) is 6.10 Å². The van der Waals surface area contributed by atoms with E-state index in [0.29, 0.717) is 26.1 Å². The predicted octanol–water partition coefficient (Wildman–Crippen LogP) is 2.48. The Morgan fingerprint density at radius 3 is 2.45 bits per heavy atom. The van der Waals surface area contributed by atoms with Crippen LogP contribution in [0.4, 0.5) is 9.59 Å². The summed E-state index contributed by atoms with van der Waals surface area (Å²) in [5, 5.41) is 31.5. The van der Waals surface area contributed by atoms with Crippen molar-refractivity contribution in [2.75, 3.05) is 52.9 Å². The second-order valence-electron chi connectivity index (χ2n) is 12.7. The van der Waals surface area contributed by atoms with E-state index in [1.807, 2.05) is 46.0 Å². The maximum atomic E-state index is 13.0. The molecule has 0 spiro atoms. The van der Waals surface area contributed by atoms with Crippen molar-refractivity contribution >= 4 is 18.2 Å². The molecule has 0 aliphatic carbocycles. The second-order valence-corrected chi connectivity index (χ2v) is 12.7. The average molecular weight is 622 g/mol. The Bertz CT molecular complexity index is 1070. The van der Waals surface area contributed by atoms with Crippen molar-refractivity contribution < 1.29 is 43.9 Å². The third-order valence-electron chi connectivity index (χ3n) is 8.45. The van der Waals surface area contributed by atoms with Crippen LogP contribution in [0.25, 0.3) is 0 Å². The summed E-state index contributed by atoms with van der Waals surface area (Å²) in [4.78, 5) is 43.2. The standard InChI is InChI=1S/C32H51N3O9/c1-22(21-42-30(39)35-14-12-26(37)20-35)7-6-8-23(2)29-24(3)9-10-27(43-31(40)34-17-15-33(5)16-18-34)32(4,41)13-11-25(36)19-28(38)44-29/h6-10,22,24-27,29,36-37,41H,11-21H2,1-5H3/b7-6+,10-9+,23-8+/t22?,24-,25-,26+,27-,29+,32-/m0/s1. The zero-order chi connectivity index (χ0) is 32.4. The van der Waals surface area contributed by atoms with Crippen molar-refractivity contribution in [3.05, 3.63) is 36.0 Å². The minimum Gasteiger partial charge on any atom is -0.457 e. The van der Waals surface area contributed by atoms with E-state index in [0.717, 1.165) is 18.7 Å². The number of piperazine rings is 1. The lowest BCUT2D eigenvalue weighted by molar-refractivity contribution is -0.151. The van der Waals surface area contributed by atoms with Crippen LogP contribution in [0.15, 0.2) is 36.0 Å². The first-order chi connectivity index (χ1) is 20.7. The van der Waals surface area contributed by atoms with Crippen LogP contribution in [0.2, 0.25) is 0 Å². The highest BCUT2D eigenvalue weighted by atomic mass is 16.6. The van der Waals surface area contributed by atoms with Crippen molar-refractivity contribution in [1.29, 1.82) is 0 Å². The molecule has 3 aliphatic rings. The Morgan fingerprint density at radius 2 is 1.80 bits per heavy atom. The molecule has 12 heteroatoms. The summed E-state index contributed by atoms with van der Waals surface area (Å²) >= 11 is 0. The van der Waals surface area contributed by atoms with Crippen molar-refractivity contribution in [2.45, 2.75) is 83.4 Å². The minimum atomic E-state index is -1.47. The van der Waals surface area contributed by atoms with Gasteiger partial charge in [0.2, 0.25) is 0 Å². The minimum absolute atomic E-state index is 0.0835. The fourth-order valence-electron chi connectivity index (χ4n) is 5.37. The van der Waals surface area contributed by atoms with E-state index in [-0.39, 0.29) is 44.2 Å². The number of allylic oxidation sites excluding steroid dienone is 2. The Labute approximate surface area is 260 Å². The molecule has 3 N–H and O–H groups in total. The number of hydrogen-bond acceptors (Lipinski definition) is 10. The molecule has 3 heterocycles. The van der Waals surface area contributed by atoms with E-state index in [2.05, 4.69) is 4.90 Å². The lowest BCUT2D eigenvalue weighted by Crippen LogP contribution is -2.50. The van der Waals surface area contributed by atoms with E-state index >= 15 is 0 Å². The van der Waals surface area contributed by atoms with Gasteiger partial charge >= 0.3 is 18.2 Å². The zero-order valence-corrected chi connectivity index (χ0v) is 26.8. The molecule has 2 saturated heterocycles. The third-order valence-corrected chi connectivity index (χ3v) is 8.45. The van der Waals surface area contributed by atoms with Gasteiger partial charge in [0.05, 0.1) is 25.2 Å². The molecule has 3 aliphatic heterocycles. The van der Waals surface area contributed by atoms with Gasteiger partial charge in [0, 0.05) is 51.1 Å². The van der Waals surface area contributed by atoms with Crippen LogP contribution in [-0.4, -0.2) is 131 Å². The van der Waals surface area contributed by atoms with Crippen LogP contribution >= 0.6 is 0 Å². The van der Waals surface area contributed by atoms with Crippen LogP contribution in [0, 0.1) is 11.8 Å². The number of β-amino-alcohol motifs (C(OH)–C–C–N with tert-alkyl or cyclic N) is 1. The Morgan fingerprint density at radius 1 is 1.09 bits per heavy atom. The van der Waals surface area contributed by atoms with Crippen molar-refractivity contribution in [3.8, 4) is 0 Å². The maximum absolute atomic E-state index is 13.0. The van der Waals surface area contributed by atoms with Crippen molar-refractivity contribution in [3.63, 3.8) is 0 Å². The highest BCUT2D eigenvalue weighted by Crippen LogP contribution is 2.27. The van der Waals surface area contributed by atoms with Gasteiger partial charge in [-0.05, 0) is 51.8 Å². The van der Waals surface area contributed by atoms with E-state index in [4.69, 9.17) is 14.2 Å². The Balaban J connectivity index is 1.70. The van der Waals surface area contributed by atoms with Gasteiger partial charge in [-0.15, -0.1) is 0 Å². The fourth-order valence-corrected chi connectivity index (χ4v) is 5.37. The molecule has 2 fully saturated rings. The van der Waals surface area contributed by atoms with Gasteiger partial charge in [-0.25, -0.2) is 9.59 Å². The summed E-state index contributed by atoms with van der Waals surface area (Å²) < 4.78 is 17.0. The number of rotatable bonds is 6. The van der Waals surface area contributed by atoms with Gasteiger partial charge < -0.3 is 44.2 Å². The highest BCUT2D eigenvalue weighted by Gasteiger charge is 2.37. The fraction of sp³-hybridized carbons (Fsp3) is 0.719. The van der Waals surface area contributed by atoms with E-state index < -0.39 is 48.2 Å². The molecule has 0 aromatic carbocycles. The molecule has 3 rings (SSSR count). The number of ether oxygens (including phenoxy) is 3. The molecule has 1 unspecified atom stereocenters. The molecular weight excluding hydrogens is 570 g/mol. The normalized spacial score (nSPS) is 32.9. The largest absolute Gasteiger partial charge is 0.457 e. The highest BCUT2D eigenvalue weighted by molar-refractivity contribution is 5.70. The van der Waals surface area contributed by atoms with Crippen molar-refractivity contribution in [2.24, 2.45) is 11.8 Å². The molecule has 7 atom stereocenters. The summed E-state index contributed by atoms with van der Waals surface area (Å²) in [6.45, 7) is 10.6. The van der Waals surface area contributed by atoms with E-state index in [1.54, 1.807) is 24.0 Å². The molecule has 2 amide bonds. The number of nitrogens with zero attached hydrogens (tertiary/aromatic N) is 3. The number of esters is 1. The summed E-state index contributed by atoms with van der Waals surface area (Å²) in [7, 11) is 1.99. The van der Waals surface area contributed by atoms with E-state index in [9.17, 15) is 29.7 Å². The average Bonchev–Trinajstić information content (AvgIpc) is 3.41. The number of likely N-dealkylation sites (tertiary alicyclic amines) is 1. The number of hydrogen-bond donors (Lipinski definition) is 3. The van der Waals surface area contributed by atoms with Gasteiger partial charge in [0.1, 0.15) is 11.7 Å². The molecule has 0 bridgehead atoms. The lowest BCUT2D eigenvalue weighted by Gasteiger charge is -2.36. The summed E-state index contributed by atoms with van der Waals surface area (Å²) in [5.41, 5.74) is -0.730. The second kappa shape index (κ2) is 16.4. The molecule has 248 valence electrons. The number of aliphatic hydroxyl groups is 3. The number of likely N-dealkylation sites (N-methyl/N-ethyl adjacent to an activating group) is 1. The number of cyclic esters (lactones) is 1. The van der Waals surface area contributed by atoms with Crippen LogP contribution in [0.1, 0.15) is 53.4 Å². The molecular formula is C32H51N3O9. The first-order valence-electron chi connectivity index (χ1n) is 15.6. The smallest absolute Gasteiger partial charge is 0.410 e. The first kappa shape index (κ1) is 35.5. The molecule has 12 nitrogen and oxygen atoms in total. The topological polar surface area (TPSA) is 149 Å². The first-order valence-corrected chi connectivity index (χ1v) is 15.6. The maximum Gasteiger partial charge on any atom is 0.410 e. The summed E-state index contributed by atoms with van der Waals surface area (Å²) in [5.74, 6) is -0.986. The number of carbonyl (C=O) groups excluding carboxylic acids is 3. The van der Waals surface area contributed by atoms with Gasteiger partial charge in [-0.2, -0.15) is 0 Å². The quantitative estimate of drug-likeness (QED) is 0.175. The molecule has 44 heavy (non-hydrogen) atoms. The SMILES string of the molecule is C/C(=C\C=C\C(C)COC(=O)N1CC[C@@H](O)C1)[C@H]1OC(=O)C[C@@H](O)CC[C@](C)(O)[C@@H](OC(=O)N2CCN(C)CC2)/C=C/[C@@H]1C. The van der Waals surface area contributed by atoms with E-state index in [1.165, 1.54) is 4.90 Å². The number of aliphatic hydroxyl groups excluding tert-OH is 2. The van der Waals surface area contributed by atoms with Crippen LogP contribution in [0.3, 0.4) is 0 Å². The van der Waals surface area contributed by atoms with Crippen molar-refractivity contribution in [1.82, 2.24) is 14.7 Å². The molecule has 0 aromatic heterocycles.